The maximum atomic E-state index is 13.7. The normalized spacial score (nSPS) is 10.6. The van der Waals surface area contributed by atoms with Crippen molar-refractivity contribution in [2.24, 2.45) is 0 Å². The Morgan fingerprint density at radius 2 is 2.16 bits per heavy atom. The van der Waals surface area contributed by atoms with Gasteiger partial charge in [-0.1, -0.05) is 0 Å². The third-order valence-electron chi connectivity index (χ3n) is 2.41. The molecule has 0 unspecified atom stereocenters. The number of carbonyl (C=O) groups is 1. The Labute approximate surface area is 113 Å². The van der Waals surface area contributed by atoms with Crippen molar-refractivity contribution < 1.29 is 22.7 Å². The van der Waals surface area contributed by atoms with Crippen LogP contribution in [0.2, 0.25) is 0 Å². The standard InChI is InChI=1S/C12H13ClF3NO2/c1-19-8-2-3-9(10(14)6-8)12(18)17(5-4-13)7-11(15)16/h2-3,6,11H,4-5,7H2,1H3. The maximum Gasteiger partial charge on any atom is 0.257 e. The number of amides is 1. The molecular weight excluding hydrogens is 283 g/mol. The summed E-state index contributed by atoms with van der Waals surface area (Å²) in [5.74, 6) is -1.40. The summed E-state index contributed by atoms with van der Waals surface area (Å²) >= 11 is 5.45. The van der Waals surface area contributed by atoms with E-state index in [0.29, 0.717) is 0 Å². The zero-order valence-corrected chi connectivity index (χ0v) is 11.0. The quantitative estimate of drug-likeness (QED) is 0.755. The Morgan fingerprint density at radius 1 is 1.47 bits per heavy atom. The summed E-state index contributed by atoms with van der Waals surface area (Å²) in [6.07, 6.45) is -2.70. The van der Waals surface area contributed by atoms with Crippen LogP contribution in [0.25, 0.3) is 0 Å². The zero-order valence-electron chi connectivity index (χ0n) is 10.2. The molecule has 3 nitrogen and oxygen atoms in total. The summed E-state index contributed by atoms with van der Waals surface area (Å²) in [5.41, 5.74) is -0.286. The van der Waals surface area contributed by atoms with E-state index in [-0.39, 0.29) is 23.7 Å². The van der Waals surface area contributed by atoms with Gasteiger partial charge < -0.3 is 9.64 Å². The van der Waals surface area contributed by atoms with Gasteiger partial charge in [0.15, 0.2) is 0 Å². The molecule has 0 heterocycles. The molecule has 0 atom stereocenters. The predicted molar refractivity (Wildman–Crippen MR) is 65.6 cm³/mol. The molecule has 0 saturated carbocycles. The smallest absolute Gasteiger partial charge is 0.257 e. The molecule has 1 aromatic carbocycles. The number of rotatable bonds is 6. The van der Waals surface area contributed by atoms with E-state index in [1.165, 1.54) is 19.2 Å². The fraction of sp³-hybridized carbons (Fsp3) is 0.417. The van der Waals surface area contributed by atoms with Gasteiger partial charge in [-0.2, -0.15) is 0 Å². The lowest BCUT2D eigenvalue weighted by Gasteiger charge is -2.21. The molecular formula is C12H13ClF3NO2. The molecule has 1 amide bonds. The molecule has 0 radical (unpaired) electrons. The molecule has 19 heavy (non-hydrogen) atoms. The largest absolute Gasteiger partial charge is 0.497 e. The number of benzene rings is 1. The fourth-order valence-electron chi connectivity index (χ4n) is 1.51. The number of methoxy groups -OCH3 is 1. The Kier molecular flexibility index (Phi) is 5.95. The summed E-state index contributed by atoms with van der Waals surface area (Å²) in [5, 5.41) is 0. The summed E-state index contributed by atoms with van der Waals surface area (Å²) in [7, 11) is 1.35. The molecule has 1 aromatic rings. The molecule has 0 aliphatic rings. The van der Waals surface area contributed by atoms with Gasteiger partial charge in [-0.15, -0.1) is 11.6 Å². The van der Waals surface area contributed by atoms with Gasteiger partial charge in [-0.25, -0.2) is 13.2 Å². The van der Waals surface area contributed by atoms with Gasteiger partial charge in [0.1, 0.15) is 11.6 Å². The number of hydrogen-bond donors (Lipinski definition) is 0. The summed E-state index contributed by atoms with van der Waals surface area (Å²) in [6.45, 7) is -0.854. The molecule has 0 spiro atoms. The van der Waals surface area contributed by atoms with Gasteiger partial charge in [0, 0.05) is 18.5 Å². The Balaban J connectivity index is 2.95. The van der Waals surface area contributed by atoms with Crippen molar-refractivity contribution in [3.05, 3.63) is 29.6 Å². The average molecular weight is 296 g/mol. The lowest BCUT2D eigenvalue weighted by atomic mass is 10.1. The van der Waals surface area contributed by atoms with Gasteiger partial charge in [0.2, 0.25) is 0 Å². The van der Waals surface area contributed by atoms with Crippen LogP contribution in [0.3, 0.4) is 0 Å². The molecule has 0 fully saturated rings. The summed E-state index contributed by atoms with van der Waals surface area (Å²) < 4.78 is 43.2. The highest BCUT2D eigenvalue weighted by Gasteiger charge is 2.22. The minimum atomic E-state index is -2.70. The number of halogens is 4. The first-order valence-corrected chi connectivity index (χ1v) is 6.00. The van der Waals surface area contributed by atoms with E-state index >= 15 is 0 Å². The predicted octanol–water partition coefficient (Wildman–Crippen LogP) is 2.78. The first-order valence-electron chi connectivity index (χ1n) is 5.46. The zero-order chi connectivity index (χ0) is 14.4. The molecule has 1 rings (SSSR count). The second kappa shape index (κ2) is 7.23. The van der Waals surface area contributed by atoms with Crippen LogP contribution >= 0.6 is 11.6 Å². The van der Waals surface area contributed by atoms with E-state index in [1.54, 1.807) is 0 Å². The average Bonchev–Trinajstić information content (AvgIpc) is 2.36. The van der Waals surface area contributed by atoms with Crippen molar-refractivity contribution in [1.82, 2.24) is 4.90 Å². The van der Waals surface area contributed by atoms with Crippen LogP contribution in [0, 0.1) is 5.82 Å². The van der Waals surface area contributed by atoms with Crippen LogP contribution < -0.4 is 4.74 Å². The topological polar surface area (TPSA) is 29.5 Å². The number of ether oxygens (including phenoxy) is 1. The molecule has 0 N–H and O–H groups in total. The lowest BCUT2D eigenvalue weighted by Crippen LogP contribution is -2.37. The first kappa shape index (κ1) is 15.6. The third kappa shape index (κ3) is 4.31. The number of alkyl halides is 3. The SMILES string of the molecule is COc1ccc(C(=O)N(CCCl)CC(F)F)c(F)c1. The minimum absolute atomic E-state index is 0.00374. The van der Waals surface area contributed by atoms with Gasteiger partial charge in [-0.05, 0) is 12.1 Å². The van der Waals surface area contributed by atoms with E-state index < -0.39 is 24.7 Å². The molecule has 106 valence electrons. The summed E-state index contributed by atoms with van der Waals surface area (Å²) in [4.78, 5) is 12.8. The van der Waals surface area contributed by atoms with Gasteiger partial charge in [0.25, 0.3) is 12.3 Å². The van der Waals surface area contributed by atoms with Crippen LogP contribution in [0.5, 0.6) is 5.75 Å². The molecule has 0 aromatic heterocycles. The Morgan fingerprint density at radius 3 is 2.63 bits per heavy atom. The molecule has 0 aliphatic carbocycles. The van der Waals surface area contributed by atoms with Crippen molar-refractivity contribution >= 4 is 17.5 Å². The van der Waals surface area contributed by atoms with Gasteiger partial charge in [0.05, 0.1) is 19.2 Å². The van der Waals surface area contributed by atoms with E-state index in [4.69, 9.17) is 16.3 Å². The molecule has 0 saturated heterocycles. The molecule has 0 aliphatic heterocycles. The van der Waals surface area contributed by atoms with Gasteiger partial charge in [-0.3, -0.25) is 4.79 Å². The monoisotopic (exact) mass is 295 g/mol. The molecule has 0 bridgehead atoms. The van der Waals surface area contributed by atoms with Crippen LogP contribution in [-0.4, -0.2) is 43.3 Å². The van der Waals surface area contributed by atoms with Crippen molar-refractivity contribution in [3.63, 3.8) is 0 Å². The van der Waals surface area contributed by atoms with Crippen LogP contribution in [0.15, 0.2) is 18.2 Å². The second-order valence-electron chi connectivity index (χ2n) is 3.68. The maximum absolute atomic E-state index is 13.7. The fourth-order valence-corrected chi connectivity index (χ4v) is 1.71. The Hall–Kier alpha value is -1.43. The van der Waals surface area contributed by atoms with E-state index in [9.17, 15) is 18.0 Å². The van der Waals surface area contributed by atoms with Crippen molar-refractivity contribution in [2.75, 3.05) is 26.1 Å². The Bertz CT molecular complexity index is 443. The number of hydrogen-bond acceptors (Lipinski definition) is 2. The number of carbonyl (C=O) groups excluding carboxylic acids is 1. The summed E-state index contributed by atoms with van der Waals surface area (Å²) in [6, 6.07) is 3.61. The highest BCUT2D eigenvalue weighted by molar-refractivity contribution is 6.18. The van der Waals surface area contributed by atoms with Crippen LogP contribution in [0.4, 0.5) is 13.2 Å². The number of nitrogens with zero attached hydrogens (tertiary/aromatic N) is 1. The minimum Gasteiger partial charge on any atom is -0.497 e. The van der Waals surface area contributed by atoms with E-state index in [0.717, 1.165) is 11.0 Å². The van der Waals surface area contributed by atoms with Gasteiger partial charge >= 0.3 is 0 Å². The third-order valence-corrected chi connectivity index (χ3v) is 2.58. The highest BCUT2D eigenvalue weighted by Crippen LogP contribution is 2.18. The van der Waals surface area contributed by atoms with E-state index in [1.807, 2.05) is 0 Å². The first-order chi connectivity index (χ1) is 8.99. The van der Waals surface area contributed by atoms with E-state index in [2.05, 4.69) is 0 Å². The molecule has 7 heteroatoms. The lowest BCUT2D eigenvalue weighted by molar-refractivity contribution is 0.0567. The van der Waals surface area contributed by atoms with Crippen molar-refractivity contribution in [3.8, 4) is 5.75 Å². The second-order valence-corrected chi connectivity index (χ2v) is 4.05. The highest BCUT2D eigenvalue weighted by atomic mass is 35.5. The van der Waals surface area contributed by atoms with Crippen LogP contribution in [-0.2, 0) is 0 Å². The van der Waals surface area contributed by atoms with Crippen LogP contribution in [0.1, 0.15) is 10.4 Å². The van der Waals surface area contributed by atoms with Crippen molar-refractivity contribution in [1.29, 1.82) is 0 Å². The van der Waals surface area contributed by atoms with Crippen molar-refractivity contribution in [2.45, 2.75) is 6.43 Å².